The van der Waals surface area contributed by atoms with Crippen molar-refractivity contribution in [2.24, 2.45) is 0 Å². The van der Waals surface area contributed by atoms with E-state index in [-0.39, 0.29) is 30.6 Å². The number of rotatable bonds is 14. The van der Waals surface area contributed by atoms with Gasteiger partial charge in [0.25, 0.3) is 0 Å². The Balaban J connectivity index is 1.14. The second-order valence-electron chi connectivity index (χ2n) is 11.3. The fourth-order valence-corrected chi connectivity index (χ4v) is 6.23. The van der Waals surface area contributed by atoms with Gasteiger partial charge in [-0.15, -0.1) is 11.8 Å². The van der Waals surface area contributed by atoms with Crippen LogP contribution in [0.4, 0.5) is 17.1 Å². The van der Waals surface area contributed by atoms with E-state index in [4.69, 9.17) is 15.2 Å². The number of hydrogen-bond acceptors (Lipinski definition) is 7. The number of hydrogen-bond donors (Lipinski definition) is 4. The summed E-state index contributed by atoms with van der Waals surface area (Å²) in [5.74, 6) is 0.604. The number of benzene rings is 4. The van der Waals surface area contributed by atoms with Gasteiger partial charge >= 0.3 is 0 Å². The van der Waals surface area contributed by atoms with E-state index in [0.717, 1.165) is 28.9 Å². The van der Waals surface area contributed by atoms with Gasteiger partial charge in [-0.1, -0.05) is 73.2 Å². The maximum atomic E-state index is 12.7. The number of anilines is 3. The first-order chi connectivity index (χ1) is 22.5. The number of nitrogens with one attached hydrogen (secondary N) is 2. The average Bonchev–Trinajstić information content (AvgIpc) is 3.08. The summed E-state index contributed by atoms with van der Waals surface area (Å²) in [6.07, 6.45) is 2.71. The van der Waals surface area contributed by atoms with Crippen molar-refractivity contribution >= 4 is 40.6 Å². The number of unbranched alkanes of at least 4 members (excludes halogenated alkanes) is 2. The van der Waals surface area contributed by atoms with Gasteiger partial charge in [0.15, 0.2) is 6.29 Å². The summed E-state index contributed by atoms with van der Waals surface area (Å²) in [6.45, 7) is -0.00572. The van der Waals surface area contributed by atoms with Crippen LogP contribution < -0.4 is 16.4 Å². The summed E-state index contributed by atoms with van der Waals surface area (Å²) in [6, 6.07) is 32.9. The molecule has 0 aromatic heterocycles. The van der Waals surface area contributed by atoms with Crippen LogP contribution in [0.2, 0.25) is 0 Å². The van der Waals surface area contributed by atoms with Crippen molar-refractivity contribution in [3.63, 3.8) is 0 Å². The monoisotopic (exact) mass is 639 g/mol. The zero-order valence-corrected chi connectivity index (χ0v) is 26.6. The lowest BCUT2D eigenvalue weighted by molar-refractivity contribution is -0.245. The maximum absolute atomic E-state index is 12.7. The van der Waals surface area contributed by atoms with Gasteiger partial charge in [-0.25, -0.2) is 0 Å². The lowest BCUT2D eigenvalue weighted by Gasteiger charge is -2.36. The molecule has 4 aromatic carbocycles. The normalized spacial score (nSPS) is 17.7. The molecular formula is C37H41N3O5S. The largest absolute Gasteiger partial charge is 0.397 e. The number of carbonyl (C=O) groups is 2. The molecule has 3 atom stereocenters. The Morgan fingerprint density at radius 1 is 0.783 bits per heavy atom. The van der Waals surface area contributed by atoms with Gasteiger partial charge in [0, 0.05) is 41.2 Å². The first-order valence-corrected chi connectivity index (χ1v) is 16.7. The third kappa shape index (κ3) is 9.92. The van der Waals surface area contributed by atoms with E-state index in [1.807, 2.05) is 78.9 Å². The molecule has 5 N–H and O–H groups in total. The molecule has 0 spiro atoms. The number of aliphatic hydroxyl groups excluding tert-OH is 1. The number of amides is 2. The lowest BCUT2D eigenvalue weighted by atomic mass is 10.0. The summed E-state index contributed by atoms with van der Waals surface area (Å²) < 4.78 is 13.0. The predicted octanol–water partition coefficient (Wildman–Crippen LogP) is 7.63. The SMILES string of the molecule is Nc1ccccc1NC(=O)CCCCCC(=O)Nc1cccc([C@@H]2O[C@H](CSc3ccccc3)C[C@H](c3ccc(CO)cc3)O2)c1. The number of thioether (sulfide) groups is 1. The van der Waals surface area contributed by atoms with E-state index in [2.05, 4.69) is 22.8 Å². The van der Waals surface area contributed by atoms with Crippen LogP contribution in [0.1, 0.15) is 67.6 Å². The summed E-state index contributed by atoms with van der Waals surface area (Å²) >= 11 is 1.75. The zero-order valence-electron chi connectivity index (χ0n) is 25.8. The van der Waals surface area contributed by atoms with E-state index in [9.17, 15) is 14.7 Å². The van der Waals surface area contributed by atoms with Crippen molar-refractivity contribution in [3.05, 3.63) is 120 Å². The number of carbonyl (C=O) groups excluding carboxylic acids is 2. The Kier molecular flexibility index (Phi) is 12.2. The minimum atomic E-state index is -0.605. The predicted molar refractivity (Wildman–Crippen MR) is 183 cm³/mol. The van der Waals surface area contributed by atoms with Crippen molar-refractivity contribution in [1.29, 1.82) is 0 Å². The van der Waals surface area contributed by atoms with E-state index >= 15 is 0 Å². The van der Waals surface area contributed by atoms with Gasteiger partial charge in [-0.3, -0.25) is 9.59 Å². The van der Waals surface area contributed by atoms with Gasteiger partial charge in [-0.2, -0.15) is 0 Å². The van der Waals surface area contributed by atoms with Crippen molar-refractivity contribution in [2.45, 2.75) is 68.5 Å². The highest BCUT2D eigenvalue weighted by molar-refractivity contribution is 7.99. The summed E-state index contributed by atoms with van der Waals surface area (Å²) in [5.41, 5.74) is 10.4. The topological polar surface area (TPSA) is 123 Å². The second-order valence-corrected chi connectivity index (χ2v) is 12.4. The molecule has 4 aromatic rings. The van der Waals surface area contributed by atoms with E-state index in [1.165, 1.54) is 4.90 Å². The molecule has 5 rings (SSSR count). The third-order valence-electron chi connectivity index (χ3n) is 7.78. The molecule has 46 heavy (non-hydrogen) atoms. The van der Waals surface area contributed by atoms with Crippen LogP contribution in [-0.4, -0.2) is 28.8 Å². The van der Waals surface area contributed by atoms with Crippen LogP contribution in [0, 0.1) is 0 Å². The number of nitrogens with two attached hydrogens (primary N) is 1. The Bertz CT molecular complexity index is 1570. The molecule has 9 heteroatoms. The highest BCUT2D eigenvalue weighted by atomic mass is 32.2. The quantitative estimate of drug-likeness (QED) is 0.0636. The van der Waals surface area contributed by atoms with Crippen LogP contribution in [0.5, 0.6) is 0 Å². The van der Waals surface area contributed by atoms with Crippen LogP contribution in [0.25, 0.3) is 0 Å². The number of para-hydroxylation sites is 2. The first kappa shape index (κ1) is 33.2. The van der Waals surface area contributed by atoms with E-state index in [1.54, 1.807) is 23.9 Å². The molecule has 0 saturated carbocycles. The molecule has 0 aliphatic carbocycles. The fourth-order valence-electron chi connectivity index (χ4n) is 5.29. The van der Waals surface area contributed by atoms with E-state index < -0.39 is 6.29 Å². The highest BCUT2D eigenvalue weighted by Gasteiger charge is 2.32. The van der Waals surface area contributed by atoms with E-state index in [0.29, 0.717) is 49.2 Å². The molecule has 1 aliphatic heterocycles. The first-order valence-electron chi connectivity index (χ1n) is 15.7. The Hall–Kier alpha value is -4.15. The van der Waals surface area contributed by atoms with Crippen molar-refractivity contribution in [3.8, 4) is 0 Å². The fraction of sp³-hybridized carbons (Fsp3) is 0.297. The third-order valence-corrected chi connectivity index (χ3v) is 8.92. The molecule has 0 radical (unpaired) electrons. The van der Waals surface area contributed by atoms with Crippen LogP contribution in [-0.2, 0) is 25.7 Å². The van der Waals surface area contributed by atoms with Crippen molar-refractivity contribution < 1.29 is 24.2 Å². The van der Waals surface area contributed by atoms with Crippen LogP contribution in [0.3, 0.4) is 0 Å². The van der Waals surface area contributed by atoms with Crippen molar-refractivity contribution in [1.82, 2.24) is 0 Å². The molecule has 0 bridgehead atoms. The molecule has 1 heterocycles. The van der Waals surface area contributed by atoms with Gasteiger partial charge in [0.1, 0.15) is 0 Å². The molecule has 2 amide bonds. The maximum Gasteiger partial charge on any atom is 0.224 e. The van der Waals surface area contributed by atoms with Gasteiger partial charge < -0.3 is 30.9 Å². The number of aliphatic hydroxyl groups is 1. The smallest absolute Gasteiger partial charge is 0.224 e. The summed E-state index contributed by atoms with van der Waals surface area (Å²) in [5, 5.41) is 15.3. The molecule has 1 fully saturated rings. The average molecular weight is 640 g/mol. The second kappa shape index (κ2) is 17.0. The standard InChI is InChI=1S/C37H41N3O5S/c38-32-14-7-8-15-33(32)40-36(43)17-6-2-5-16-35(42)39-29-11-9-10-28(22-29)37-44-30(25-46-31-12-3-1-4-13-31)23-34(45-37)27-20-18-26(24-41)19-21-27/h1,3-4,7-15,18-22,30,34,37,41H,2,5-6,16-17,23-25,38H2,(H,39,42)(H,40,43)/t30-,34+,37+/m0/s1. The summed E-state index contributed by atoms with van der Waals surface area (Å²) in [4.78, 5) is 26.2. The van der Waals surface area contributed by atoms with Gasteiger partial charge in [0.05, 0.1) is 30.2 Å². The Morgan fingerprint density at radius 2 is 1.50 bits per heavy atom. The minimum absolute atomic E-state index is 0.00572. The lowest BCUT2D eigenvalue weighted by Crippen LogP contribution is -2.31. The number of nitrogen functional groups attached to an aromatic ring is 1. The van der Waals surface area contributed by atoms with Crippen molar-refractivity contribution in [2.75, 3.05) is 22.1 Å². The number of ether oxygens (including phenoxy) is 2. The Labute approximate surface area is 274 Å². The summed E-state index contributed by atoms with van der Waals surface area (Å²) in [7, 11) is 0. The highest BCUT2D eigenvalue weighted by Crippen LogP contribution is 2.40. The Morgan fingerprint density at radius 3 is 2.24 bits per heavy atom. The molecule has 8 nitrogen and oxygen atoms in total. The van der Waals surface area contributed by atoms with Crippen LogP contribution in [0.15, 0.2) is 108 Å². The molecule has 0 unspecified atom stereocenters. The molecule has 1 aliphatic rings. The van der Waals surface area contributed by atoms with Crippen LogP contribution >= 0.6 is 11.8 Å². The van der Waals surface area contributed by atoms with Gasteiger partial charge in [0.2, 0.25) is 11.8 Å². The van der Waals surface area contributed by atoms with Gasteiger partial charge in [-0.05, 0) is 60.4 Å². The molecule has 1 saturated heterocycles. The molecular weight excluding hydrogens is 598 g/mol. The zero-order chi connectivity index (χ0) is 32.1. The minimum Gasteiger partial charge on any atom is -0.397 e. The molecule has 240 valence electrons.